The predicted octanol–water partition coefficient (Wildman–Crippen LogP) is 3.13. The Morgan fingerprint density at radius 2 is 1.50 bits per heavy atom. The molecule has 0 unspecified atom stereocenters. The molecule has 8 nitrogen and oxygen atoms in total. The first kappa shape index (κ1) is 22.5. The van der Waals surface area contributed by atoms with Gasteiger partial charge in [-0.15, -0.1) is 0 Å². The number of hydrogen-bond acceptors (Lipinski definition) is 6. The Labute approximate surface area is 199 Å². The van der Waals surface area contributed by atoms with E-state index < -0.39 is 10.0 Å². The van der Waals surface area contributed by atoms with Gasteiger partial charge in [0, 0.05) is 44.6 Å². The second-order valence-electron chi connectivity index (χ2n) is 8.70. The Bertz CT molecular complexity index is 1340. The van der Waals surface area contributed by atoms with Crippen LogP contribution in [0.1, 0.15) is 18.4 Å². The topological polar surface area (TPSA) is 86.7 Å². The van der Waals surface area contributed by atoms with Gasteiger partial charge in [-0.1, -0.05) is 42.5 Å². The summed E-state index contributed by atoms with van der Waals surface area (Å²) in [5.41, 5.74) is 2.38. The second kappa shape index (κ2) is 9.15. The Morgan fingerprint density at radius 3 is 2.18 bits per heavy atom. The van der Waals surface area contributed by atoms with Crippen LogP contribution in [0.4, 0.5) is 11.6 Å². The van der Waals surface area contributed by atoms with Crippen molar-refractivity contribution in [3.63, 3.8) is 0 Å². The van der Waals surface area contributed by atoms with Crippen molar-refractivity contribution in [3.8, 4) is 0 Å². The first-order valence-corrected chi connectivity index (χ1v) is 13.0. The number of anilines is 2. The molecular formula is C25H27N5O3S. The number of carbonyl (C=O) groups excluding carboxylic acids is 1. The highest BCUT2D eigenvalue weighted by molar-refractivity contribution is 7.92. The quantitative estimate of drug-likeness (QED) is 0.574. The molecule has 34 heavy (non-hydrogen) atoms. The van der Waals surface area contributed by atoms with Crippen LogP contribution in [-0.2, 0) is 14.8 Å². The zero-order chi connectivity index (χ0) is 23.7. The van der Waals surface area contributed by atoms with Crippen molar-refractivity contribution < 1.29 is 13.2 Å². The normalized spacial score (nSPS) is 17.9. The van der Waals surface area contributed by atoms with Crippen LogP contribution in [0.3, 0.4) is 0 Å². The van der Waals surface area contributed by atoms with Crippen molar-refractivity contribution in [2.45, 2.75) is 12.8 Å². The van der Waals surface area contributed by atoms with E-state index >= 15 is 0 Å². The molecule has 0 bridgehead atoms. The van der Waals surface area contributed by atoms with E-state index in [4.69, 9.17) is 9.97 Å². The van der Waals surface area contributed by atoms with Gasteiger partial charge in [0.25, 0.3) is 0 Å². The van der Waals surface area contributed by atoms with Crippen LogP contribution in [0.5, 0.6) is 0 Å². The number of carbonyl (C=O) groups is 1. The van der Waals surface area contributed by atoms with Crippen LogP contribution >= 0.6 is 0 Å². The molecule has 3 aromatic rings. The van der Waals surface area contributed by atoms with Crippen molar-refractivity contribution >= 4 is 44.7 Å². The van der Waals surface area contributed by atoms with E-state index in [-0.39, 0.29) is 11.8 Å². The van der Waals surface area contributed by atoms with E-state index in [0.717, 1.165) is 16.6 Å². The van der Waals surface area contributed by atoms with E-state index in [0.29, 0.717) is 50.7 Å². The highest BCUT2D eigenvalue weighted by Crippen LogP contribution is 2.33. The summed E-state index contributed by atoms with van der Waals surface area (Å²) in [5.74, 6) is 1.03. The summed E-state index contributed by atoms with van der Waals surface area (Å²) < 4.78 is 27.0. The molecule has 1 saturated heterocycles. The van der Waals surface area contributed by atoms with Gasteiger partial charge in [-0.2, -0.15) is 4.31 Å². The molecule has 5 rings (SSSR count). The Hall–Kier alpha value is -3.30. The number of fused-ring (bicyclic) bond motifs is 2. The van der Waals surface area contributed by atoms with Crippen LogP contribution in [0.25, 0.3) is 17.1 Å². The Kier molecular flexibility index (Phi) is 6.05. The minimum Gasteiger partial charge on any atom is -0.355 e. The average molecular weight is 478 g/mol. The molecule has 2 aliphatic rings. The molecule has 1 fully saturated rings. The van der Waals surface area contributed by atoms with Crippen molar-refractivity contribution in [2.75, 3.05) is 43.0 Å². The number of hydrogen-bond donors (Lipinski definition) is 0. The SMILES string of the molecule is CN1CCN(C(=O)C2CCN(S(=O)(=O)/C=C/c3ccccc3)CC2)c2nc3ccccc3nc21. The van der Waals surface area contributed by atoms with Crippen molar-refractivity contribution in [1.29, 1.82) is 0 Å². The fourth-order valence-electron chi connectivity index (χ4n) is 4.49. The van der Waals surface area contributed by atoms with E-state index in [1.54, 1.807) is 11.0 Å². The Balaban J connectivity index is 1.30. The summed E-state index contributed by atoms with van der Waals surface area (Å²) >= 11 is 0. The number of amides is 1. The van der Waals surface area contributed by atoms with Gasteiger partial charge in [0.15, 0.2) is 11.6 Å². The Morgan fingerprint density at radius 1 is 0.882 bits per heavy atom. The molecule has 0 atom stereocenters. The molecule has 0 saturated carbocycles. The summed E-state index contributed by atoms with van der Waals surface area (Å²) in [4.78, 5) is 26.7. The first-order chi connectivity index (χ1) is 16.4. The van der Waals surface area contributed by atoms with Crippen LogP contribution in [0.2, 0.25) is 0 Å². The molecule has 1 aromatic heterocycles. The first-order valence-electron chi connectivity index (χ1n) is 11.4. The summed E-state index contributed by atoms with van der Waals surface area (Å²) in [6.45, 7) is 1.85. The van der Waals surface area contributed by atoms with Crippen LogP contribution < -0.4 is 9.80 Å². The van der Waals surface area contributed by atoms with Gasteiger partial charge in [-0.25, -0.2) is 18.4 Å². The molecule has 176 valence electrons. The van der Waals surface area contributed by atoms with Gasteiger partial charge in [-0.3, -0.25) is 9.69 Å². The zero-order valence-electron chi connectivity index (χ0n) is 19.0. The number of benzene rings is 2. The zero-order valence-corrected chi connectivity index (χ0v) is 19.9. The maximum absolute atomic E-state index is 13.5. The number of likely N-dealkylation sites (N-methyl/N-ethyl adjacent to an activating group) is 1. The van der Waals surface area contributed by atoms with Crippen molar-refractivity contribution in [1.82, 2.24) is 14.3 Å². The van der Waals surface area contributed by atoms with Crippen molar-refractivity contribution in [2.24, 2.45) is 5.92 Å². The number of rotatable bonds is 4. The molecule has 9 heteroatoms. The van der Waals surface area contributed by atoms with Crippen LogP contribution in [0, 0.1) is 5.92 Å². The van der Waals surface area contributed by atoms with Gasteiger partial charge in [-0.05, 0) is 36.6 Å². The van der Waals surface area contributed by atoms with Crippen molar-refractivity contribution in [3.05, 3.63) is 65.6 Å². The molecule has 3 heterocycles. The monoisotopic (exact) mass is 477 g/mol. The lowest BCUT2D eigenvalue weighted by Crippen LogP contribution is -2.48. The third-order valence-corrected chi connectivity index (χ3v) is 8.04. The molecule has 2 aliphatic heterocycles. The second-order valence-corrected chi connectivity index (χ2v) is 10.5. The summed E-state index contributed by atoms with van der Waals surface area (Å²) in [6.07, 6.45) is 2.58. The highest BCUT2D eigenvalue weighted by Gasteiger charge is 2.36. The fourth-order valence-corrected chi connectivity index (χ4v) is 5.71. The summed E-state index contributed by atoms with van der Waals surface area (Å²) in [7, 11) is -1.58. The third kappa shape index (κ3) is 4.41. The van der Waals surface area contributed by atoms with E-state index in [2.05, 4.69) is 0 Å². The highest BCUT2D eigenvalue weighted by atomic mass is 32.2. The van der Waals surface area contributed by atoms with Gasteiger partial charge >= 0.3 is 0 Å². The van der Waals surface area contributed by atoms with Gasteiger partial charge < -0.3 is 4.90 Å². The molecule has 0 N–H and O–H groups in total. The third-order valence-electron chi connectivity index (χ3n) is 6.47. The lowest BCUT2D eigenvalue weighted by molar-refractivity contribution is -0.123. The van der Waals surface area contributed by atoms with E-state index in [1.165, 1.54) is 9.71 Å². The maximum Gasteiger partial charge on any atom is 0.236 e. The molecule has 2 aromatic carbocycles. The molecule has 0 radical (unpaired) electrons. The number of piperidine rings is 1. The predicted molar refractivity (Wildman–Crippen MR) is 134 cm³/mol. The number of aromatic nitrogens is 2. The maximum atomic E-state index is 13.5. The molecule has 1 amide bonds. The smallest absolute Gasteiger partial charge is 0.236 e. The lowest BCUT2D eigenvalue weighted by atomic mass is 9.96. The van der Waals surface area contributed by atoms with E-state index in [1.807, 2.05) is 66.5 Å². The number of para-hydroxylation sites is 2. The van der Waals surface area contributed by atoms with E-state index in [9.17, 15) is 13.2 Å². The molecular weight excluding hydrogens is 450 g/mol. The molecule has 0 spiro atoms. The standard InChI is InChI=1S/C25H27N5O3S/c1-28-16-17-30(24-23(28)26-21-9-5-6-10-22(21)27-24)25(31)20-11-14-29(15-12-20)34(32,33)18-13-19-7-3-2-4-8-19/h2-10,13,18,20H,11-12,14-17H2,1H3/b18-13+. The fraction of sp³-hybridized carbons (Fsp3) is 0.320. The van der Waals surface area contributed by atoms with Crippen LogP contribution in [-0.4, -0.2) is 61.8 Å². The van der Waals surface area contributed by atoms with Gasteiger partial charge in [0.05, 0.1) is 11.0 Å². The largest absolute Gasteiger partial charge is 0.355 e. The van der Waals surface area contributed by atoms with Crippen LogP contribution in [0.15, 0.2) is 60.0 Å². The number of sulfonamides is 1. The van der Waals surface area contributed by atoms with Gasteiger partial charge in [0.2, 0.25) is 15.9 Å². The summed E-state index contributed by atoms with van der Waals surface area (Å²) in [5, 5.41) is 1.25. The average Bonchev–Trinajstić information content (AvgIpc) is 2.87. The van der Waals surface area contributed by atoms with Gasteiger partial charge in [0.1, 0.15) is 0 Å². The molecule has 0 aliphatic carbocycles. The number of nitrogens with zero attached hydrogens (tertiary/aromatic N) is 5. The minimum atomic E-state index is -3.54. The lowest BCUT2D eigenvalue weighted by Gasteiger charge is -2.37. The summed E-state index contributed by atoms with van der Waals surface area (Å²) in [6, 6.07) is 17.0. The minimum absolute atomic E-state index is 0.00388.